The molecule has 0 aliphatic carbocycles. The Hall–Kier alpha value is -1.63. The molecule has 0 aromatic carbocycles. The first-order valence-electron chi connectivity index (χ1n) is 11.1. The first kappa shape index (κ1) is 28.4. The van der Waals surface area contributed by atoms with Gasteiger partial charge >= 0.3 is 6.09 Å². The van der Waals surface area contributed by atoms with Gasteiger partial charge in [0.1, 0.15) is 18.0 Å². The predicted molar refractivity (Wildman–Crippen MR) is 135 cm³/mol. The lowest BCUT2D eigenvalue weighted by molar-refractivity contribution is 0.0493. The van der Waals surface area contributed by atoms with Gasteiger partial charge in [0, 0.05) is 26.1 Å². The van der Waals surface area contributed by atoms with E-state index in [4.69, 9.17) is 14.5 Å². The lowest BCUT2D eigenvalue weighted by Gasteiger charge is -2.27. The average Bonchev–Trinajstić information content (AvgIpc) is 3.05. The molecule has 0 saturated heterocycles. The van der Waals surface area contributed by atoms with Gasteiger partial charge in [-0.05, 0) is 40.0 Å². The van der Waals surface area contributed by atoms with Gasteiger partial charge in [0.15, 0.2) is 11.8 Å². The Morgan fingerprint density at radius 3 is 2.66 bits per heavy atom. The zero-order valence-corrected chi connectivity index (χ0v) is 22.7. The molecular weight excluding hydrogens is 525 g/mol. The maximum Gasteiger partial charge on any atom is 0.407 e. The van der Waals surface area contributed by atoms with Crippen LogP contribution in [0.3, 0.4) is 0 Å². The van der Waals surface area contributed by atoms with Gasteiger partial charge in [-0.1, -0.05) is 13.8 Å². The zero-order valence-electron chi connectivity index (χ0n) is 20.4. The number of aromatic nitrogens is 3. The Morgan fingerprint density at radius 1 is 1.34 bits per heavy atom. The molecule has 2 rings (SSSR count). The van der Waals surface area contributed by atoms with Crippen molar-refractivity contribution >= 4 is 36.0 Å². The fourth-order valence-electron chi connectivity index (χ4n) is 3.25. The minimum atomic E-state index is -0.532. The van der Waals surface area contributed by atoms with E-state index in [-0.39, 0.29) is 42.0 Å². The van der Waals surface area contributed by atoms with E-state index in [0.717, 1.165) is 37.7 Å². The van der Waals surface area contributed by atoms with Crippen LogP contribution in [-0.4, -0.2) is 64.7 Å². The van der Waals surface area contributed by atoms with Crippen LogP contribution in [-0.2, 0) is 29.0 Å². The van der Waals surface area contributed by atoms with Crippen LogP contribution < -0.4 is 16.0 Å². The van der Waals surface area contributed by atoms with Crippen molar-refractivity contribution < 1.29 is 14.3 Å². The van der Waals surface area contributed by atoms with Gasteiger partial charge in [0.05, 0.1) is 19.1 Å². The molecule has 1 amide bonds. The van der Waals surface area contributed by atoms with Crippen molar-refractivity contribution in [3.63, 3.8) is 0 Å². The van der Waals surface area contributed by atoms with Gasteiger partial charge in [-0.2, -0.15) is 5.10 Å². The summed E-state index contributed by atoms with van der Waals surface area (Å²) in [6, 6.07) is 0.0638. The highest BCUT2D eigenvalue weighted by molar-refractivity contribution is 14.0. The average molecular weight is 566 g/mol. The number of fused-ring (bicyclic) bond motifs is 1. The number of aryl methyl sites for hydroxylation is 1. The van der Waals surface area contributed by atoms with Gasteiger partial charge in [0.2, 0.25) is 0 Å². The van der Waals surface area contributed by atoms with Gasteiger partial charge in [-0.25, -0.2) is 14.5 Å². The summed E-state index contributed by atoms with van der Waals surface area (Å²) < 4.78 is 12.5. The zero-order chi connectivity index (χ0) is 23.0. The number of ether oxygens (including phenoxy) is 2. The Bertz CT molecular complexity index is 746. The molecule has 0 saturated carbocycles. The number of guanidine groups is 1. The molecule has 1 aliphatic heterocycles. The summed E-state index contributed by atoms with van der Waals surface area (Å²) in [5.41, 5.74) is -0.532. The van der Waals surface area contributed by atoms with Crippen LogP contribution in [0.1, 0.15) is 59.6 Å². The molecule has 32 heavy (non-hydrogen) atoms. The molecule has 10 nitrogen and oxygen atoms in total. The highest BCUT2D eigenvalue weighted by Gasteiger charge is 2.24. The monoisotopic (exact) mass is 565 g/mol. The molecule has 1 aromatic rings. The summed E-state index contributed by atoms with van der Waals surface area (Å²) in [5.74, 6) is 2.65. The summed E-state index contributed by atoms with van der Waals surface area (Å²) in [6.07, 6.45) is 1.37. The molecule has 1 aromatic heterocycles. The summed E-state index contributed by atoms with van der Waals surface area (Å²) in [5, 5.41) is 14.3. The van der Waals surface area contributed by atoms with Gasteiger partial charge in [0.25, 0.3) is 0 Å². The van der Waals surface area contributed by atoms with Crippen LogP contribution in [0, 0.1) is 5.92 Å². The van der Waals surface area contributed by atoms with Crippen LogP contribution in [0.4, 0.5) is 4.79 Å². The predicted octanol–water partition coefficient (Wildman–Crippen LogP) is 2.46. The van der Waals surface area contributed by atoms with E-state index in [0.29, 0.717) is 19.0 Å². The van der Waals surface area contributed by atoms with E-state index in [1.54, 1.807) is 7.11 Å². The molecule has 2 atom stereocenters. The number of alkyl carbamates (subject to hydrolysis) is 1. The molecule has 11 heteroatoms. The Balaban J connectivity index is 0.00000512. The number of amides is 1. The van der Waals surface area contributed by atoms with E-state index < -0.39 is 11.7 Å². The van der Waals surface area contributed by atoms with E-state index >= 15 is 0 Å². The van der Waals surface area contributed by atoms with Crippen molar-refractivity contribution in [1.29, 1.82) is 0 Å². The van der Waals surface area contributed by atoms with Crippen molar-refractivity contribution in [1.82, 2.24) is 30.7 Å². The maximum absolute atomic E-state index is 12.2. The summed E-state index contributed by atoms with van der Waals surface area (Å²) in [4.78, 5) is 21.4. The molecule has 2 heterocycles. The number of nitrogens with one attached hydrogen (secondary N) is 3. The highest BCUT2D eigenvalue weighted by Crippen LogP contribution is 2.14. The number of hydrogen-bond donors (Lipinski definition) is 3. The van der Waals surface area contributed by atoms with Crippen LogP contribution >= 0.6 is 24.0 Å². The fraction of sp³-hybridized carbons (Fsp3) is 0.810. The number of nitrogens with zero attached hydrogens (tertiary/aromatic N) is 4. The quantitative estimate of drug-likeness (QED) is 0.252. The number of hydrogen-bond acceptors (Lipinski definition) is 6. The van der Waals surface area contributed by atoms with Crippen LogP contribution in [0.5, 0.6) is 0 Å². The molecule has 184 valence electrons. The smallest absolute Gasteiger partial charge is 0.407 e. The van der Waals surface area contributed by atoms with E-state index in [9.17, 15) is 4.79 Å². The number of rotatable bonds is 8. The molecule has 2 unspecified atom stereocenters. The lowest BCUT2D eigenvalue weighted by Crippen LogP contribution is -2.48. The van der Waals surface area contributed by atoms with Crippen molar-refractivity contribution in [3.05, 3.63) is 11.6 Å². The molecule has 1 aliphatic rings. The van der Waals surface area contributed by atoms with E-state index in [1.807, 2.05) is 32.4 Å². The van der Waals surface area contributed by atoms with Crippen LogP contribution in [0.15, 0.2) is 4.99 Å². The van der Waals surface area contributed by atoms with Crippen LogP contribution in [0.2, 0.25) is 0 Å². The Kier molecular flexibility index (Phi) is 11.7. The molecule has 0 spiro atoms. The van der Waals surface area contributed by atoms with Crippen molar-refractivity contribution in [2.45, 2.75) is 85.2 Å². The summed E-state index contributed by atoms with van der Waals surface area (Å²) in [7, 11) is 1.64. The Morgan fingerprint density at radius 2 is 2.06 bits per heavy atom. The SMILES string of the molecule is CCNC(=NCC(NC(=O)OC(C)(C)C)C(C)C)NC1CCc2nc(COC)nn2C1.I. The van der Waals surface area contributed by atoms with Gasteiger partial charge < -0.3 is 25.4 Å². The van der Waals surface area contributed by atoms with E-state index in [1.165, 1.54) is 0 Å². The summed E-state index contributed by atoms with van der Waals surface area (Å²) >= 11 is 0. The largest absolute Gasteiger partial charge is 0.444 e. The third-order valence-corrected chi connectivity index (χ3v) is 4.81. The van der Waals surface area contributed by atoms with Crippen LogP contribution in [0.25, 0.3) is 0 Å². The topological polar surface area (TPSA) is 115 Å². The number of carbonyl (C=O) groups excluding carboxylic acids is 1. The molecule has 0 fully saturated rings. The molecular formula is C21H40IN7O3. The molecule has 0 radical (unpaired) electrons. The highest BCUT2D eigenvalue weighted by atomic mass is 127. The van der Waals surface area contributed by atoms with Crippen molar-refractivity contribution in [2.75, 3.05) is 20.2 Å². The van der Waals surface area contributed by atoms with Crippen molar-refractivity contribution in [2.24, 2.45) is 10.9 Å². The van der Waals surface area contributed by atoms with E-state index in [2.05, 4.69) is 39.9 Å². The molecule has 0 bridgehead atoms. The standard InChI is InChI=1S/C21H39N7O3.HI/c1-8-22-19(23-11-16(14(2)3)25-20(29)31-21(4,5)6)24-15-9-10-18-26-17(13-30-7)27-28(18)12-15;/h14-16H,8-13H2,1-7H3,(H,25,29)(H2,22,23,24);1H. The van der Waals surface area contributed by atoms with Gasteiger partial charge in [-0.15, -0.1) is 24.0 Å². The number of carbonyl (C=O) groups is 1. The second-order valence-corrected chi connectivity index (χ2v) is 9.16. The maximum atomic E-state index is 12.2. The minimum absolute atomic E-state index is 0. The third-order valence-electron chi connectivity index (χ3n) is 4.81. The third kappa shape index (κ3) is 9.47. The second kappa shape index (κ2) is 13.2. The number of methoxy groups -OCH3 is 1. The number of halogens is 1. The van der Waals surface area contributed by atoms with Gasteiger partial charge in [-0.3, -0.25) is 4.99 Å². The van der Waals surface area contributed by atoms with Crippen molar-refractivity contribution in [3.8, 4) is 0 Å². The first-order chi connectivity index (χ1) is 14.6. The normalized spacial score (nSPS) is 17.2. The fourth-order valence-corrected chi connectivity index (χ4v) is 3.25. The first-order valence-corrected chi connectivity index (χ1v) is 11.1. The minimum Gasteiger partial charge on any atom is -0.444 e. The lowest BCUT2D eigenvalue weighted by atomic mass is 10.1. The Labute approximate surface area is 208 Å². The summed E-state index contributed by atoms with van der Waals surface area (Å²) in [6.45, 7) is 14.0. The molecule has 3 N–H and O–H groups in total. The second-order valence-electron chi connectivity index (χ2n) is 9.16. The number of aliphatic imine (C=N–C) groups is 1.